The molecular formula is C31H35N3O4. The van der Waals surface area contributed by atoms with Crippen LogP contribution >= 0.6 is 0 Å². The van der Waals surface area contributed by atoms with Crippen LogP contribution in [0.15, 0.2) is 84.9 Å². The SMILES string of the molecule is COc1ccccc1Oc1c(CN(CC(O)COCc2ccccc2)C2CC2)c(C)nn1-c1ccccc1. The number of benzene rings is 3. The lowest BCUT2D eigenvalue weighted by Gasteiger charge is -2.25. The topological polar surface area (TPSA) is 69.0 Å². The van der Waals surface area contributed by atoms with Crippen LogP contribution in [0.3, 0.4) is 0 Å². The Balaban J connectivity index is 1.36. The average molecular weight is 514 g/mol. The fraction of sp³-hybridized carbons (Fsp3) is 0.323. The highest BCUT2D eigenvalue weighted by molar-refractivity contribution is 5.47. The van der Waals surface area contributed by atoms with Crippen LogP contribution in [-0.2, 0) is 17.9 Å². The van der Waals surface area contributed by atoms with E-state index < -0.39 is 6.10 Å². The van der Waals surface area contributed by atoms with Crippen molar-refractivity contribution in [1.29, 1.82) is 0 Å². The zero-order valence-electron chi connectivity index (χ0n) is 22.0. The van der Waals surface area contributed by atoms with Crippen molar-refractivity contribution in [2.24, 2.45) is 0 Å². The summed E-state index contributed by atoms with van der Waals surface area (Å²) in [4.78, 5) is 2.32. The van der Waals surface area contributed by atoms with E-state index in [1.165, 1.54) is 0 Å². The van der Waals surface area contributed by atoms with Crippen molar-refractivity contribution in [3.8, 4) is 23.1 Å². The predicted octanol–water partition coefficient (Wildman–Crippen LogP) is 5.52. The molecule has 1 unspecified atom stereocenters. The van der Waals surface area contributed by atoms with Crippen molar-refractivity contribution in [1.82, 2.24) is 14.7 Å². The van der Waals surface area contributed by atoms with Crippen LogP contribution < -0.4 is 9.47 Å². The van der Waals surface area contributed by atoms with Gasteiger partial charge in [-0.15, -0.1) is 0 Å². The lowest BCUT2D eigenvalue weighted by molar-refractivity contribution is 0.00693. The van der Waals surface area contributed by atoms with Crippen molar-refractivity contribution in [3.05, 3.63) is 102 Å². The van der Waals surface area contributed by atoms with Gasteiger partial charge in [0, 0.05) is 19.1 Å². The highest BCUT2D eigenvalue weighted by Crippen LogP contribution is 2.37. The molecule has 38 heavy (non-hydrogen) atoms. The Kier molecular flexibility index (Phi) is 8.38. The first kappa shape index (κ1) is 26.0. The summed E-state index contributed by atoms with van der Waals surface area (Å²) in [7, 11) is 1.64. The maximum Gasteiger partial charge on any atom is 0.227 e. The molecule has 7 nitrogen and oxygen atoms in total. The summed E-state index contributed by atoms with van der Waals surface area (Å²) < 4.78 is 19.7. The van der Waals surface area contributed by atoms with E-state index in [9.17, 15) is 5.11 Å². The maximum absolute atomic E-state index is 10.8. The van der Waals surface area contributed by atoms with Gasteiger partial charge in [0.2, 0.25) is 5.88 Å². The van der Waals surface area contributed by atoms with Crippen LogP contribution in [0.25, 0.3) is 5.69 Å². The van der Waals surface area contributed by atoms with E-state index in [0.717, 1.165) is 35.3 Å². The van der Waals surface area contributed by atoms with Gasteiger partial charge in [-0.2, -0.15) is 5.10 Å². The molecule has 1 aliphatic carbocycles. The third-order valence-electron chi connectivity index (χ3n) is 6.71. The molecular weight excluding hydrogens is 478 g/mol. The number of methoxy groups -OCH3 is 1. The van der Waals surface area contributed by atoms with E-state index in [4.69, 9.17) is 19.3 Å². The number of hydrogen-bond acceptors (Lipinski definition) is 6. The van der Waals surface area contributed by atoms with Gasteiger partial charge in [0.15, 0.2) is 11.5 Å². The van der Waals surface area contributed by atoms with Gasteiger partial charge in [0.05, 0.1) is 43.4 Å². The molecule has 198 valence electrons. The van der Waals surface area contributed by atoms with Crippen LogP contribution in [-0.4, -0.2) is 52.2 Å². The largest absolute Gasteiger partial charge is 0.493 e. The van der Waals surface area contributed by atoms with Crippen molar-refractivity contribution in [3.63, 3.8) is 0 Å². The minimum atomic E-state index is -0.595. The molecule has 0 spiro atoms. The van der Waals surface area contributed by atoms with E-state index in [2.05, 4.69) is 4.90 Å². The van der Waals surface area contributed by atoms with Crippen LogP contribution in [0.1, 0.15) is 29.7 Å². The number of rotatable bonds is 13. The van der Waals surface area contributed by atoms with Gasteiger partial charge in [-0.1, -0.05) is 60.7 Å². The molecule has 3 aromatic carbocycles. The van der Waals surface area contributed by atoms with Crippen molar-refractivity contribution in [2.45, 2.75) is 45.1 Å². The van der Waals surface area contributed by atoms with Crippen molar-refractivity contribution >= 4 is 0 Å². The van der Waals surface area contributed by atoms with Crippen molar-refractivity contribution in [2.75, 3.05) is 20.3 Å². The molecule has 1 atom stereocenters. The Morgan fingerprint density at radius 1 is 0.947 bits per heavy atom. The minimum absolute atomic E-state index is 0.283. The van der Waals surface area contributed by atoms with E-state index in [1.807, 2.05) is 96.5 Å². The number of aryl methyl sites for hydroxylation is 1. The van der Waals surface area contributed by atoms with E-state index >= 15 is 0 Å². The molecule has 7 heteroatoms. The van der Waals surface area contributed by atoms with Gasteiger partial charge in [-0.05, 0) is 49.6 Å². The molecule has 0 radical (unpaired) electrons. The molecule has 1 aliphatic rings. The lowest BCUT2D eigenvalue weighted by Crippen LogP contribution is -2.36. The lowest BCUT2D eigenvalue weighted by atomic mass is 10.2. The number of para-hydroxylation sites is 3. The summed E-state index contributed by atoms with van der Waals surface area (Å²) in [5, 5.41) is 15.7. The summed E-state index contributed by atoms with van der Waals surface area (Å²) in [6.07, 6.45) is 1.64. The monoisotopic (exact) mass is 513 g/mol. The Morgan fingerprint density at radius 2 is 1.61 bits per heavy atom. The van der Waals surface area contributed by atoms with E-state index in [-0.39, 0.29) is 6.61 Å². The first-order valence-corrected chi connectivity index (χ1v) is 13.1. The van der Waals surface area contributed by atoms with Gasteiger partial charge < -0.3 is 19.3 Å². The van der Waals surface area contributed by atoms with Crippen LogP contribution in [0.5, 0.6) is 17.4 Å². The van der Waals surface area contributed by atoms with Crippen LogP contribution in [0, 0.1) is 6.92 Å². The minimum Gasteiger partial charge on any atom is -0.493 e. The summed E-state index contributed by atoms with van der Waals surface area (Å²) in [6, 6.07) is 28.1. The third-order valence-corrected chi connectivity index (χ3v) is 6.71. The fourth-order valence-corrected chi connectivity index (χ4v) is 4.57. The van der Waals surface area contributed by atoms with Gasteiger partial charge in [-0.25, -0.2) is 4.68 Å². The zero-order valence-corrected chi connectivity index (χ0v) is 22.0. The highest BCUT2D eigenvalue weighted by atomic mass is 16.5. The van der Waals surface area contributed by atoms with Gasteiger partial charge in [-0.3, -0.25) is 4.90 Å². The predicted molar refractivity (Wildman–Crippen MR) is 147 cm³/mol. The Bertz CT molecular complexity index is 1310. The smallest absolute Gasteiger partial charge is 0.227 e. The Morgan fingerprint density at radius 3 is 2.29 bits per heavy atom. The normalized spacial score (nSPS) is 14.0. The van der Waals surface area contributed by atoms with Crippen molar-refractivity contribution < 1.29 is 19.3 Å². The second kappa shape index (κ2) is 12.3. The molecule has 5 rings (SSSR count). The second-order valence-corrected chi connectivity index (χ2v) is 9.68. The number of nitrogens with zero attached hydrogens (tertiary/aromatic N) is 3. The average Bonchev–Trinajstić information content (AvgIpc) is 3.75. The summed E-state index contributed by atoms with van der Waals surface area (Å²) in [6.45, 7) is 3.91. The molecule has 1 aromatic heterocycles. The maximum atomic E-state index is 10.8. The number of aliphatic hydroxyl groups excluding tert-OH is 1. The molecule has 1 fully saturated rings. The van der Waals surface area contributed by atoms with Gasteiger partial charge in [0.25, 0.3) is 0 Å². The molecule has 0 saturated heterocycles. The molecule has 0 amide bonds. The Labute approximate surface area is 224 Å². The third kappa shape index (κ3) is 6.42. The number of aromatic nitrogens is 2. The number of ether oxygens (including phenoxy) is 3. The molecule has 1 N–H and O–H groups in total. The second-order valence-electron chi connectivity index (χ2n) is 9.68. The molecule has 1 saturated carbocycles. The van der Waals surface area contributed by atoms with Crippen LogP contribution in [0.4, 0.5) is 0 Å². The van der Waals surface area contributed by atoms with E-state index in [0.29, 0.717) is 43.1 Å². The van der Waals surface area contributed by atoms with E-state index in [1.54, 1.807) is 7.11 Å². The number of hydrogen-bond donors (Lipinski definition) is 1. The zero-order chi connectivity index (χ0) is 26.3. The summed E-state index contributed by atoms with van der Waals surface area (Å²) in [5.74, 6) is 1.93. The van der Waals surface area contributed by atoms with Crippen LogP contribution in [0.2, 0.25) is 0 Å². The molecule has 4 aromatic rings. The highest BCUT2D eigenvalue weighted by Gasteiger charge is 2.33. The summed E-state index contributed by atoms with van der Waals surface area (Å²) in [5.41, 5.74) is 3.89. The fourth-order valence-electron chi connectivity index (χ4n) is 4.57. The quantitative estimate of drug-likeness (QED) is 0.254. The molecule has 0 aliphatic heterocycles. The van der Waals surface area contributed by atoms with Gasteiger partial charge >= 0.3 is 0 Å². The molecule has 0 bridgehead atoms. The standard InChI is InChI=1S/C31H35N3O4/c1-23-28(20-33(25-17-18-25)19-27(35)22-37-21-24-11-5-3-6-12-24)31(34(32-23)26-13-7-4-8-14-26)38-30-16-10-9-15-29(30)36-2/h3-16,25,27,35H,17-22H2,1-2H3. The molecule has 1 heterocycles. The summed E-state index contributed by atoms with van der Waals surface area (Å²) >= 11 is 0. The Hall–Kier alpha value is -3.65. The number of aliphatic hydroxyl groups is 1. The first-order valence-electron chi connectivity index (χ1n) is 13.1. The first-order chi connectivity index (χ1) is 18.6. The van der Waals surface area contributed by atoms with Gasteiger partial charge in [0.1, 0.15) is 0 Å².